The van der Waals surface area contributed by atoms with Crippen LogP contribution in [0.25, 0.3) is 99.0 Å². The third-order valence-electron chi connectivity index (χ3n) is 10.7. The first-order valence-electron chi connectivity index (χ1n) is 17.5. The van der Waals surface area contributed by atoms with Gasteiger partial charge in [0.05, 0.1) is 22.1 Å². The van der Waals surface area contributed by atoms with E-state index in [9.17, 15) is 0 Å². The lowest BCUT2D eigenvalue weighted by Gasteiger charge is -2.11. The van der Waals surface area contributed by atoms with Gasteiger partial charge in [-0.3, -0.25) is 0 Å². The minimum absolute atomic E-state index is 1.15. The Hall–Kier alpha value is -6.84. The maximum absolute atomic E-state index is 3.60. The summed E-state index contributed by atoms with van der Waals surface area (Å²) in [7, 11) is 0. The Morgan fingerprint density at radius 2 is 0.765 bits per heavy atom. The number of hydrogen-bond acceptors (Lipinski definition) is 0. The average Bonchev–Trinajstić information content (AvgIpc) is 3.85. The van der Waals surface area contributed by atoms with E-state index in [-0.39, 0.29) is 0 Å². The molecule has 3 heterocycles. The first-order chi connectivity index (χ1) is 25.3. The smallest absolute Gasteiger partial charge is 0.0547 e. The van der Waals surface area contributed by atoms with Crippen LogP contribution in [0.2, 0.25) is 0 Å². The van der Waals surface area contributed by atoms with Crippen molar-refractivity contribution in [2.45, 2.75) is 0 Å². The van der Waals surface area contributed by atoms with Gasteiger partial charge in [0.1, 0.15) is 0 Å². The standard InChI is InChI=1S/C48H31N3/c1-2-10-35(11-3-1)50-46-17-9-6-14-40(46)42-28-32(22-27-47(42)50)34-21-26-41-39-13-5-8-16-45(39)51(48(41)30-34)36-23-18-31(19-24-36)33-20-25-38-37-12-4-7-15-43(37)49-44(38)29-33/h1-30,49H. The molecule has 0 aliphatic rings. The summed E-state index contributed by atoms with van der Waals surface area (Å²) in [6, 6.07) is 66.3. The van der Waals surface area contributed by atoms with Crippen LogP contribution in [0.15, 0.2) is 182 Å². The molecule has 0 unspecified atom stereocenters. The fraction of sp³-hybridized carbons (Fsp3) is 0. The summed E-state index contributed by atoms with van der Waals surface area (Å²) >= 11 is 0. The zero-order valence-corrected chi connectivity index (χ0v) is 27.7. The van der Waals surface area contributed by atoms with E-state index in [4.69, 9.17) is 0 Å². The van der Waals surface area contributed by atoms with E-state index < -0.39 is 0 Å². The summed E-state index contributed by atoms with van der Waals surface area (Å²) in [5.41, 5.74) is 14.3. The molecule has 3 nitrogen and oxygen atoms in total. The predicted octanol–water partition coefficient (Wildman–Crippen LogP) is 12.8. The number of nitrogens with zero attached hydrogens (tertiary/aromatic N) is 2. The molecule has 0 atom stereocenters. The summed E-state index contributed by atoms with van der Waals surface area (Å²) in [5, 5.41) is 7.55. The number of para-hydroxylation sites is 4. The van der Waals surface area contributed by atoms with Crippen LogP contribution in [0.4, 0.5) is 0 Å². The van der Waals surface area contributed by atoms with Crippen LogP contribution in [-0.2, 0) is 0 Å². The molecular weight excluding hydrogens is 619 g/mol. The highest BCUT2D eigenvalue weighted by Crippen LogP contribution is 2.38. The fourth-order valence-corrected chi connectivity index (χ4v) is 8.27. The summed E-state index contributed by atoms with van der Waals surface area (Å²) in [6.45, 7) is 0. The van der Waals surface area contributed by atoms with Crippen molar-refractivity contribution in [3.63, 3.8) is 0 Å². The zero-order chi connectivity index (χ0) is 33.5. The summed E-state index contributed by atoms with van der Waals surface area (Å²) < 4.78 is 4.79. The van der Waals surface area contributed by atoms with Gasteiger partial charge in [-0.05, 0) is 89.0 Å². The zero-order valence-electron chi connectivity index (χ0n) is 27.7. The van der Waals surface area contributed by atoms with Crippen molar-refractivity contribution in [1.82, 2.24) is 14.1 Å². The summed E-state index contributed by atoms with van der Waals surface area (Å²) in [6.07, 6.45) is 0. The molecule has 0 bridgehead atoms. The molecule has 8 aromatic carbocycles. The molecular formula is C48H31N3. The molecule has 51 heavy (non-hydrogen) atoms. The Balaban J connectivity index is 1.04. The SMILES string of the molecule is c1ccc(-n2c3ccccc3c3cc(-c4ccc5c6ccccc6n(-c6ccc(-c7ccc8c(c7)[nH]c7ccccc78)cc6)c5c4)ccc32)cc1. The number of rotatable bonds is 4. The van der Waals surface area contributed by atoms with Gasteiger partial charge in [0.15, 0.2) is 0 Å². The third kappa shape index (κ3) is 4.25. The Morgan fingerprint density at radius 1 is 0.275 bits per heavy atom. The van der Waals surface area contributed by atoms with Crippen LogP contribution in [-0.4, -0.2) is 14.1 Å². The van der Waals surface area contributed by atoms with Crippen LogP contribution < -0.4 is 0 Å². The number of hydrogen-bond donors (Lipinski definition) is 1. The lowest BCUT2D eigenvalue weighted by Crippen LogP contribution is -1.94. The minimum atomic E-state index is 1.15. The summed E-state index contributed by atoms with van der Waals surface area (Å²) in [5.74, 6) is 0. The lowest BCUT2D eigenvalue weighted by atomic mass is 10.0. The molecule has 0 aliphatic heterocycles. The van der Waals surface area contributed by atoms with Crippen molar-refractivity contribution >= 4 is 65.4 Å². The van der Waals surface area contributed by atoms with E-state index in [1.54, 1.807) is 0 Å². The number of nitrogens with one attached hydrogen (secondary N) is 1. The largest absolute Gasteiger partial charge is 0.354 e. The van der Waals surface area contributed by atoms with Crippen molar-refractivity contribution < 1.29 is 0 Å². The predicted molar refractivity (Wildman–Crippen MR) is 215 cm³/mol. The molecule has 0 spiro atoms. The van der Waals surface area contributed by atoms with E-state index in [0.29, 0.717) is 0 Å². The average molecular weight is 650 g/mol. The van der Waals surface area contributed by atoms with Crippen molar-refractivity contribution in [3.05, 3.63) is 182 Å². The molecule has 0 saturated carbocycles. The third-order valence-corrected chi connectivity index (χ3v) is 10.7. The van der Waals surface area contributed by atoms with Crippen molar-refractivity contribution in [2.24, 2.45) is 0 Å². The highest BCUT2D eigenvalue weighted by Gasteiger charge is 2.16. The monoisotopic (exact) mass is 649 g/mol. The van der Waals surface area contributed by atoms with Gasteiger partial charge in [-0.2, -0.15) is 0 Å². The van der Waals surface area contributed by atoms with E-state index in [1.807, 2.05) is 0 Å². The second-order valence-corrected chi connectivity index (χ2v) is 13.5. The van der Waals surface area contributed by atoms with Gasteiger partial charge in [0.2, 0.25) is 0 Å². The molecule has 0 aliphatic carbocycles. The van der Waals surface area contributed by atoms with Crippen molar-refractivity contribution in [2.75, 3.05) is 0 Å². The maximum atomic E-state index is 3.60. The molecule has 1 N–H and O–H groups in total. The Kier molecular flexibility index (Phi) is 5.96. The second kappa shape index (κ2) is 10.8. The fourth-order valence-electron chi connectivity index (χ4n) is 8.27. The molecule has 0 amide bonds. The van der Waals surface area contributed by atoms with E-state index in [0.717, 1.165) is 11.2 Å². The van der Waals surface area contributed by atoms with Crippen molar-refractivity contribution in [1.29, 1.82) is 0 Å². The van der Waals surface area contributed by atoms with Crippen LogP contribution in [0.3, 0.4) is 0 Å². The number of H-pyrrole nitrogens is 1. The van der Waals surface area contributed by atoms with Crippen LogP contribution in [0.1, 0.15) is 0 Å². The molecule has 0 fully saturated rings. The van der Waals surface area contributed by atoms with Crippen LogP contribution in [0, 0.1) is 0 Å². The molecule has 11 aromatic rings. The molecule has 238 valence electrons. The number of benzene rings is 8. The first kappa shape index (κ1) is 28.0. The summed E-state index contributed by atoms with van der Waals surface area (Å²) in [4.78, 5) is 3.60. The van der Waals surface area contributed by atoms with Gasteiger partial charge in [-0.15, -0.1) is 0 Å². The topological polar surface area (TPSA) is 25.6 Å². The molecule has 0 saturated heterocycles. The van der Waals surface area contributed by atoms with E-state index >= 15 is 0 Å². The minimum Gasteiger partial charge on any atom is -0.354 e. The first-order valence-corrected chi connectivity index (χ1v) is 17.5. The van der Waals surface area contributed by atoms with Crippen LogP contribution >= 0.6 is 0 Å². The van der Waals surface area contributed by atoms with E-state index in [2.05, 4.69) is 196 Å². The van der Waals surface area contributed by atoms with Crippen molar-refractivity contribution in [3.8, 4) is 33.6 Å². The normalized spacial score (nSPS) is 11.9. The van der Waals surface area contributed by atoms with Gasteiger partial charge in [-0.25, -0.2) is 0 Å². The molecule has 0 radical (unpaired) electrons. The highest BCUT2D eigenvalue weighted by atomic mass is 15.0. The van der Waals surface area contributed by atoms with Gasteiger partial charge in [-0.1, -0.05) is 115 Å². The molecule has 3 heteroatoms. The lowest BCUT2D eigenvalue weighted by molar-refractivity contribution is 1.18. The second-order valence-electron chi connectivity index (χ2n) is 13.5. The number of fused-ring (bicyclic) bond motifs is 9. The number of aromatic nitrogens is 3. The quantitative estimate of drug-likeness (QED) is 0.196. The van der Waals surface area contributed by atoms with Crippen LogP contribution in [0.5, 0.6) is 0 Å². The molecule has 3 aromatic heterocycles. The Labute approximate surface area is 294 Å². The number of aromatic amines is 1. The van der Waals surface area contributed by atoms with Gasteiger partial charge >= 0.3 is 0 Å². The van der Waals surface area contributed by atoms with Gasteiger partial charge in [0.25, 0.3) is 0 Å². The van der Waals surface area contributed by atoms with Gasteiger partial charge in [0, 0.05) is 54.7 Å². The molecule has 11 rings (SSSR count). The Morgan fingerprint density at radius 3 is 1.55 bits per heavy atom. The Bertz CT molecular complexity index is 3120. The maximum Gasteiger partial charge on any atom is 0.0547 e. The highest BCUT2D eigenvalue weighted by molar-refractivity contribution is 6.13. The van der Waals surface area contributed by atoms with Gasteiger partial charge < -0.3 is 14.1 Å². The van der Waals surface area contributed by atoms with E-state index in [1.165, 1.54) is 87.8 Å².